The summed E-state index contributed by atoms with van der Waals surface area (Å²) in [6.45, 7) is 6.45. The van der Waals surface area contributed by atoms with Crippen molar-refractivity contribution in [3.05, 3.63) is 81.7 Å². The summed E-state index contributed by atoms with van der Waals surface area (Å²) < 4.78 is 54.0. The Morgan fingerprint density at radius 3 is 2.51 bits per heavy atom. The molecule has 0 saturated carbocycles. The van der Waals surface area contributed by atoms with Gasteiger partial charge in [-0.05, 0) is 56.8 Å². The number of fused-ring (bicyclic) bond motifs is 1. The average molecular weight is 555 g/mol. The Morgan fingerprint density at radius 1 is 1.08 bits per heavy atom. The Labute approximate surface area is 225 Å². The van der Waals surface area contributed by atoms with Crippen LogP contribution in [-0.4, -0.2) is 68.2 Å². The topological polar surface area (TPSA) is 103 Å². The maximum absolute atomic E-state index is 14.2. The number of hydrogen-bond donors (Lipinski definition) is 2. The third kappa shape index (κ3) is 4.99. The molecule has 0 atom stereocenters. The number of amides is 2. The van der Waals surface area contributed by atoms with E-state index >= 15 is 0 Å². The van der Waals surface area contributed by atoms with E-state index in [1.165, 1.54) is 30.3 Å². The van der Waals surface area contributed by atoms with E-state index in [1.54, 1.807) is 19.9 Å². The first-order valence-corrected chi connectivity index (χ1v) is 14.1. The molecule has 0 aliphatic carbocycles. The Kier molecular flexibility index (Phi) is 6.90. The van der Waals surface area contributed by atoms with E-state index in [2.05, 4.69) is 15.2 Å². The van der Waals surface area contributed by atoms with Gasteiger partial charge in [-0.1, -0.05) is 12.1 Å². The fourth-order valence-corrected chi connectivity index (χ4v) is 6.38. The monoisotopic (exact) mass is 554 g/mol. The quantitative estimate of drug-likeness (QED) is 0.468. The van der Waals surface area contributed by atoms with Crippen LogP contribution in [-0.2, 0) is 20.4 Å². The zero-order valence-corrected chi connectivity index (χ0v) is 22.6. The summed E-state index contributed by atoms with van der Waals surface area (Å²) in [5.74, 6) is -3.57. The second-order valence-corrected chi connectivity index (χ2v) is 11.9. The standard InChI is InChI=1S/C28H28F2N4O4S/c1-16-24(31-17(2)25(16)28(36)34-11-9-33(3)10-12-34)14-21-20-13-19(7-8-23(20)32-27(21)35)39(37,38)15-18-5-4-6-22(29)26(18)30/h4-8,13-14,31H,9-12,15H2,1-3H3,(H,32,35)/b21-14-. The van der Waals surface area contributed by atoms with E-state index in [4.69, 9.17) is 0 Å². The first-order valence-electron chi connectivity index (χ1n) is 12.5. The summed E-state index contributed by atoms with van der Waals surface area (Å²) >= 11 is 0. The van der Waals surface area contributed by atoms with E-state index in [9.17, 15) is 26.8 Å². The molecule has 8 nitrogen and oxygen atoms in total. The van der Waals surface area contributed by atoms with Gasteiger partial charge in [0, 0.05) is 54.4 Å². The van der Waals surface area contributed by atoms with Crippen LogP contribution >= 0.6 is 0 Å². The predicted molar refractivity (Wildman–Crippen MR) is 144 cm³/mol. The van der Waals surface area contributed by atoms with Crippen molar-refractivity contribution in [1.82, 2.24) is 14.8 Å². The molecule has 5 rings (SSSR count). The molecule has 1 saturated heterocycles. The molecule has 2 amide bonds. The molecule has 11 heteroatoms. The number of halogens is 2. The number of carbonyl (C=O) groups is 2. The maximum Gasteiger partial charge on any atom is 0.256 e. The second kappa shape index (κ2) is 10.0. The summed E-state index contributed by atoms with van der Waals surface area (Å²) in [5, 5.41) is 2.73. The molecule has 2 aromatic carbocycles. The number of benzene rings is 2. The molecule has 39 heavy (non-hydrogen) atoms. The molecule has 0 radical (unpaired) electrons. The van der Waals surface area contributed by atoms with Gasteiger partial charge in [0.25, 0.3) is 11.8 Å². The fraction of sp³-hybridized carbons (Fsp3) is 0.286. The lowest BCUT2D eigenvalue weighted by atomic mass is 10.0. The lowest BCUT2D eigenvalue weighted by Crippen LogP contribution is -2.47. The fourth-order valence-electron chi connectivity index (χ4n) is 5.00. The highest BCUT2D eigenvalue weighted by atomic mass is 32.2. The zero-order valence-electron chi connectivity index (χ0n) is 21.8. The van der Waals surface area contributed by atoms with Gasteiger partial charge in [0.1, 0.15) is 0 Å². The molecule has 0 spiro atoms. The lowest BCUT2D eigenvalue weighted by molar-refractivity contribution is -0.110. The number of hydrogen-bond acceptors (Lipinski definition) is 5. The summed E-state index contributed by atoms with van der Waals surface area (Å²) in [6.07, 6.45) is 1.60. The second-order valence-electron chi connectivity index (χ2n) is 9.95. The zero-order chi connectivity index (χ0) is 28.1. The van der Waals surface area contributed by atoms with Crippen molar-refractivity contribution in [3.8, 4) is 0 Å². The van der Waals surface area contributed by atoms with Crippen LogP contribution in [0.4, 0.5) is 14.5 Å². The number of aromatic nitrogens is 1. The minimum Gasteiger partial charge on any atom is -0.358 e. The number of aromatic amines is 1. The van der Waals surface area contributed by atoms with Crippen LogP contribution in [0.25, 0.3) is 11.6 Å². The Morgan fingerprint density at radius 2 is 1.79 bits per heavy atom. The maximum atomic E-state index is 14.2. The molecule has 0 bridgehead atoms. The molecule has 1 fully saturated rings. The van der Waals surface area contributed by atoms with Crippen LogP contribution < -0.4 is 5.32 Å². The number of anilines is 1. The van der Waals surface area contributed by atoms with Gasteiger partial charge < -0.3 is 20.1 Å². The van der Waals surface area contributed by atoms with Gasteiger partial charge >= 0.3 is 0 Å². The molecular formula is C28H28F2N4O4S. The molecule has 2 aliphatic rings. The van der Waals surface area contributed by atoms with E-state index in [1.807, 2.05) is 11.9 Å². The van der Waals surface area contributed by atoms with Crippen molar-refractivity contribution in [2.24, 2.45) is 0 Å². The highest BCUT2D eigenvalue weighted by molar-refractivity contribution is 7.90. The van der Waals surface area contributed by atoms with Crippen molar-refractivity contribution >= 4 is 39.0 Å². The first-order chi connectivity index (χ1) is 18.5. The van der Waals surface area contributed by atoms with Crippen LogP contribution in [0.2, 0.25) is 0 Å². The highest BCUT2D eigenvalue weighted by Crippen LogP contribution is 2.36. The summed E-state index contributed by atoms with van der Waals surface area (Å²) in [7, 11) is -2.05. The minimum absolute atomic E-state index is 0.0757. The van der Waals surface area contributed by atoms with Crippen molar-refractivity contribution < 1.29 is 26.8 Å². The number of nitrogens with one attached hydrogen (secondary N) is 2. The minimum atomic E-state index is -4.06. The molecule has 0 unspecified atom stereocenters. The lowest BCUT2D eigenvalue weighted by Gasteiger charge is -2.32. The van der Waals surface area contributed by atoms with E-state index in [0.29, 0.717) is 46.9 Å². The number of rotatable bonds is 5. The highest BCUT2D eigenvalue weighted by Gasteiger charge is 2.29. The third-order valence-corrected chi connectivity index (χ3v) is 8.94. The average Bonchev–Trinajstić information content (AvgIpc) is 3.35. The van der Waals surface area contributed by atoms with Gasteiger partial charge in [-0.25, -0.2) is 17.2 Å². The van der Waals surface area contributed by atoms with Crippen LogP contribution in [0.5, 0.6) is 0 Å². The van der Waals surface area contributed by atoms with Gasteiger partial charge in [0.05, 0.1) is 21.8 Å². The number of sulfone groups is 1. The molecule has 2 N–H and O–H groups in total. The van der Waals surface area contributed by atoms with Crippen LogP contribution in [0, 0.1) is 25.5 Å². The molecule has 3 aromatic rings. The van der Waals surface area contributed by atoms with Crippen LogP contribution in [0.15, 0.2) is 41.3 Å². The largest absolute Gasteiger partial charge is 0.358 e. The molecule has 2 aliphatic heterocycles. The number of nitrogens with zero attached hydrogens (tertiary/aromatic N) is 2. The number of likely N-dealkylation sites (N-methyl/N-ethyl adjacent to an activating group) is 1. The van der Waals surface area contributed by atoms with Gasteiger partial charge in [-0.3, -0.25) is 9.59 Å². The predicted octanol–water partition coefficient (Wildman–Crippen LogP) is 3.76. The Balaban J connectivity index is 1.48. The van der Waals surface area contributed by atoms with Gasteiger partial charge in [-0.15, -0.1) is 0 Å². The molecule has 3 heterocycles. The smallest absolute Gasteiger partial charge is 0.256 e. The van der Waals surface area contributed by atoms with Crippen molar-refractivity contribution in [1.29, 1.82) is 0 Å². The SMILES string of the molecule is Cc1[nH]c(/C=C2\C(=O)Nc3ccc(S(=O)(=O)Cc4cccc(F)c4F)cc32)c(C)c1C(=O)N1CCN(C)CC1. The van der Waals surface area contributed by atoms with E-state index in [-0.39, 0.29) is 21.9 Å². The van der Waals surface area contributed by atoms with E-state index < -0.39 is 33.1 Å². The normalized spacial score (nSPS) is 17.0. The van der Waals surface area contributed by atoms with Crippen molar-refractivity contribution in [2.45, 2.75) is 24.5 Å². The Bertz CT molecular complexity index is 1640. The van der Waals surface area contributed by atoms with Gasteiger partial charge in [-0.2, -0.15) is 0 Å². The third-order valence-electron chi connectivity index (χ3n) is 7.28. The van der Waals surface area contributed by atoms with Crippen LogP contribution in [0.1, 0.15) is 38.4 Å². The van der Waals surface area contributed by atoms with Gasteiger partial charge in [0.15, 0.2) is 21.5 Å². The number of piperazine rings is 1. The molecule has 1 aromatic heterocycles. The number of carbonyl (C=O) groups excluding carboxylic acids is 2. The van der Waals surface area contributed by atoms with Crippen molar-refractivity contribution in [3.63, 3.8) is 0 Å². The number of H-pyrrole nitrogens is 1. The number of aryl methyl sites for hydroxylation is 1. The van der Waals surface area contributed by atoms with Gasteiger partial charge in [0.2, 0.25) is 0 Å². The van der Waals surface area contributed by atoms with Crippen molar-refractivity contribution in [2.75, 3.05) is 38.5 Å². The molecular weight excluding hydrogens is 526 g/mol. The summed E-state index contributed by atoms with van der Waals surface area (Å²) in [4.78, 5) is 33.2. The Hall–Kier alpha value is -3.83. The van der Waals surface area contributed by atoms with E-state index in [0.717, 1.165) is 19.2 Å². The van der Waals surface area contributed by atoms with Crippen LogP contribution in [0.3, 0.4) is 0 Å². The first kappa shape index (κ1) is 26.8. The summed E-state index contributed by atoms with van der Waals surface area (Å²) in [5.41, 5.74) is 3.22. The molecule has 204 valence electrons. The summed E-state index contributed by atoms with van der Waals surface area (Å²) in [6, 6.07) is 7.54.